The van der Waals surface area contributed by atoms with Crippen molar-refractivity contribution in [2.75, 3.05) is 29.2 Å². The van der Waals surface area contributed by atoms with E-state index in [4.69, 9.17) is 5.26 Å². The molecule has 102 valence electrons. The Labute approximate surface area is 116 Å². The standard InChI is InChI=1S/C11H14N4O2S2/c1-8-5-9(6-12)14-11(13-8)15-3-4-18-7-10(15)19(2,16)17/h5,10H,3-4,7H2,1-2H3. The second-order valence-corrected chi connectivity index (χ2v) is 7.71. The Morgan fingerprint density at radius 3 is 2.89 bits per heavy atom. The van der Waals surface area contributed by atoms with Crippen molar-refractivity contribution in [1.82, 2.24) is 9.97 Å². The minimum Gasteiger partial charge on any atom is -0.322 e. The van der Waals surface area contributed by atoms with E-state index in [0.29, 0.717) is 23.9 Å². The molecule has 2 rings (SSSR count). The molecule has 19 heavy (non-hydrogen) atoms. The van der Waals surface area contributed by atoms with E-state index in [9.17, 15) is 8.42 Å². The molecule has 0 aliphatic carbocycles. The van der Waals surface area contributed by atoms with Crippen LogP contribution in [0.25, 0.3) is 0 Å². The second kappa shape index (κ2) is 5.35. The van der Waals surface area contributed by atoms with E-state index in [1.165, 1.54) is 6.26 Å². The normalized spacial score (nSPS) is 20.1. The Kier molecular flexibility index (Phi) is 3.96. The molecule has 0 bridgehead atoms. The molecule has 1 fully saturated rings. The van der Waals surface area contributed by atoms with Gasteiger partial charge in [0.05, 0.1) is 0 Å². The highest BCUT2D eigenvalue weighted by Gasteiger charge is 2.32. The van der Waals surface area contributed by atoms with Gasteiger partial charge in [-0.3, -0.25) is 0 Å². The molecule has 1 aliphatic rings. The highest BCUT2D eigenvalue weighted by atomic mass is 32.2. The maximum Gasteiger partial charge on any atom is 0.227 e. The van der Waals surface area contributed by atoms with Gasteiger partial charge < -0.3 is 4.90 Å². The fourth-order valence-corrected chi connectivity index (χ4v) is 4.72. The number of nitriles is 1. The minimum absolute atomic E-state index is 0.257. The van der Waals surface area contributed by atoms with Gasteiger partial charge in [-0.15, -0.1) is 0 Å². The molecule has 0 spiro atoms. The van der Waals surface area contributed by atoms with Crippen LogP contribution < -0.4 is 4.90 Å². The van der Waals surface area contributed by atoms with Crippen LogP contribution in [0.5, 0.6) is 0 Å². The van der Waals surface area contributed by atoms with Gasteiger partial charge in [0.25, 0.3) is 0 Å². The molecule has 0 amide bonds. The highest BCUT2D eigenvalue weighted by molar-refractivity contribution is 8.01. The number of nitrogens with zero attached hydrogens (tertiary/aromatic N) is 4. The molecule has 0 N–H and O–H groups in total. The lowest BCUT2D eigenvalue weighted by Gasteiger charge is -2.34. The first kappa shape index (κ1) is 14.1. The van der Waals surface area contributed by atoms with Crippen LogP contribution in [0.2, 0.25) is 0 Å². The van der Waals surface area contributed by atoms with Crippen molar-refractivity contribution in [3.63, 3.8) is 0 Å². The number of thioether (sulfide) groups is 1. The lowest BCUT2D eigenvalue weighted by Crippen LogP contribution is -2.47. The maximum atomic E-state index is 11.8. The van der Waals surface area contributed by atoms with Gasteiger partial charge in [-0.2, -0.15) is 17.0 Å². The molecule has 2 heterocycles. The maximum absolute atomic E-state index is 11.8. The molecule has 1 unspecified atom stereocenters. The number of aryl methyl sites for hydroxylation is 1. The monoisotopic (exact) mass is 298 g/mol. The average Bonchev–Trinajstić information content (AvgIpc) is 2.37. The van der Waals surface area contributed by atoms with E-state index in [1.54, 1.807) is 29.7 Å². The quantitative estimate of drug-likeness (QED) is 0.789. The Balaban J connectivity index is 2.44. The molecular formula is C11H14N4O2S2. The van der Waals surface area contributed by atoms with Gasteiger partial charge in [0, 0.05) is 30.0 Å². The summed E-state index contributed by atoms with van der Waals surface area (Å²) in [5, 5.41) is 8.30. The minimum atomic E-state index is -3.21. The van der Waals surface area contributed by atoms with Crippen molar-refractivity contribution in [2.24, 2.45) is 0 Å². The Morgan fingerprint density at radius 2 is 2.26 bits per heavy atom. The molecule has 8 heteroatoms. The van der Waals surface area contributed by atoms with Gasteiger partial charge in [0.1, 0.15) is 17.1 Å². The van der Waals surface area contributed by atoms with Gasteiger partial charge in [-0.1, -0.05) is 0 Å². The van der Waals surface area contributed by atoms with Crippen LogP contribution in [0.3, 0.4) is 0 Å². The second-order valence-electron chi connectivity index (χ2n) is 4.36. The first-order chi connectivity index (χ1) is 8.91. The Hall–Kier alpha value is -1.33. The summed E-state index contributed by atoms with van der Waals surface area (Å²) < 4.78 is 23.7. The predicted molar refractivity (Wildman–Crippen MR) is 74.8 cm³/mol. The summed E-state index contributed by atoms with van der Waals surface area (Å²) in [7, 11) is -3.21. The van der Waals surface area contributed by atoms with Crippen molar-refractivity contribution < 1.29 is 8.42 Å². The number of sulfone groups is 1. The molecule has 6 nitrogen and oxygen atoms in total. The van der Waals surface area contributed by atoms with E-state index < -0.39 is 15.2 Å². The Morgan fingerprint density at radius 1 is 1.53 bits per heavy atom. The molecule has 1 atom stereocenters. The van der Waals surface area contributed by atoms with Gasteiger partial charge in [-0.05, 0) is 13.0 Å². The molecule has 1 aromatic rings. The fourth-order valence-electron chi connectivity index (χ4n) is 1.90. The van der Waals surface area contributed by atoms with E-state index in [2.05, 4.69) is 9.97 Å². The number of rotatable bonds is 2. The third-order valence-corrected chi connectivity index (χ3v) is 5.44. The number of aromatic nitrogens is 2. The average molecular weight is 298 g/mol. The van der Waals surface area contributed by atoms with Crippen molar-refractivity contribution >= 4 is 27.5 Å². The highest BCUT2D eigenvalue weighted by Crippen LogP contribution is 2.24. The van der Waals surface area contributed by atoms with E-state index in [0.717, 1.165) is 5.75 Å². The van der Waals surface area contributed by atoms with E-state index >= 15 is 0 Å². The van der Waals surface area contributed by atoms with Crippen molar-refractivity contribution in [3.8, 4) is 6.07 Å². The van der Waals surface area contributed by atoms with Crippen LogP contribution in [0.15, 0.2) is 6.07 Å². The molecule has 0 saturated carbocycles. The smallest absolute Gasteiger partial charge is 0.227 e. The van der Waals surface area contributed by atoms with Crippen LogP contribution in [-0.4, -0.2) is 48.1 Å². The van der Waals surface area contributed by atoms with Crippen LogP contribution in [0, 0.1) is 18.3 Å². The first-order valence-electron chi connectivity index (χ1n) is 5.71. The third kappa shape index (κ3) is 3.16. The topological polar surface area (TPSA) is 87.0 Å². The van der Waals surface area contributed by atoms with Crippen LogP contribution in [0.1, 0.15) is 11.4 Å². The van der Waals surface area contributed by atoms with Crippen molar-refractivity contribution in [3.05, 3.63) is 17.5 Å². The van der Waals surface area contributed by atoms with Crippen LogP contribution in [-0.2, 0) is 9.84 Å². The summed E-state index contributed by atoms with van der Waals surface area (Å²) in [5.74, 6) is 1.65. The molecule has 1 saturated heterocycles. The van der Waals surface area contributed by atoms with E-state index in [1.807, 2.05) is 6.07 Å². The number of hydrogen-bond acceptors (Lipinski definition) is 7. The summed E-state index contributed by atoms with van der Waals surface area (Å²) >= 11 is 1.60. The molecule has 0 radical (unpaired) electrons. The number of hydrogen-bond donors (Lipinski definition) is 0. The molecule has 1 aromatic heterocycles. The van der Waals surface area contributed by atoms with Gasteiger partial charge >= 0.3 is 0 Å². The predicted octanol–water partition coefficient (Wildman–Crippen LogP) is 0.581. The lowest BCUT2D eigenvalue weighted by molar-refractivity contribution is 0.582. The fraction of sp³-hybridized carbons (Fsp3) is 0.545. The molecular weight excluding hydrogens is 284 g/mol. The SMILES string of the molecule is Cc1cc(C#N)nc(N2CCSCC2S(C)(=O)=O)n1. The summed E-state index contributed by atoms with van der Waals surface area (Å²) in [6, 6.07) is 3.55. The van der Waals surface area contributed by atoms with Gasteiger partial charge in [-0.25, -0.2) is 18.4 Å². The lowest BCUT2D eigenvalue weighted by atomic mass is 10.3. The largest absolute Gasteiger partial charge is 0.322 e. The van der Waals surface area contributed by atoms with Gasteiger partial charge in [0.2, 0.25) is 5.95 Å². The molecule has 0 aromatic carbocycles. The zero-order valence-electron chi connectivity index (χ0n) is 10.7. The summed E-state index contributed by atoms with van der Waals surface area (Å²) in [5.41, 5.74) is 0.917. The number of anilines is 1. The first-order valence-corrected chi connectivity index (χ1v) is 8.82. The van der Waals surface area contributed by atoms with Crippen molar-refractivity contribution in [1.29, 1.82) is 5.26 Å². The molecule has 1 aliphatic heterocycles. The van der Waals surface area contributed by atoms with Gasteiger partial charge in [0.15, 0.2) is 9.84 Å². The third-order valence-electron chi connectivity index (χ3n) is 2.79. The van der Waals surface area contributed by atoms with E-state index in [-0.39, 0.29) is 5.69 Å². The summed E-state index contributed by atoms with van der Waals surface area (Å²) in [4.78, 5) is 10.1. The zero-order chi connectivity index (χ0) is 14.0. The van der Waals surface area contributed by atoms with Crippen molar-refractivity contribution in [2.45, 2.75) is 12.3 Å². The zero-order valence-corrected chi connectivity index (χ0v) is 12.3. The van der Waals surface area contributed by atoms with Crippen LogP contribution in [0.4, 0.5) is 5.95 Å². The van der Waals surface area contributed by atoms with Crippen LogP contribution >= 0.6 is 11.8 Å². The Bertz CT molecular complexity index is 624. The summed E-state index contributed by atoms with van der Waals surface area (Å²) in [6.07, 6.45) is 1.22. The summed E-state index contributed by atoms with van der Waals surface area (Å²) in [6.45, 7) is 2.33.